The third-order valence-corrected chi connectivity index (χ3v) is 8.55. The minimum Gasteiger partial charge on any atom is -0.481 e. The highest BCUT2D eigenvalue weighted by molar-refractivity contribution is 6.26. The van der Waals surface area contributed by atoms with Crippen molar-refractivity contribution >= 4 is 70.0 Å². The molecule has 0 radical (unpaired) electrons. The number of nitrogens with zero attached hydrogens (tertiary/aromatic N) is 1. The summed E-state index contributed by atoms with van der Waals surface area (Å²) in [4.78, 5) is 127. The third-order valence-electron chi connectivity index (χ3n) is 8.55. The first-order valence-electron chi connectivity index (χ1n) is 17.1. The molecule has 0 spiro atoms. The van der Waals surface area contributed by atoms with Gasteiger partial charge < -0.3 is 41.9 Å². The lowest BCUT2D eigenvalue weighted by Gasteiger charge is -2.28. The molecule has 0 aromatic heterocycles. The summed E-state index contributed by atoms with van der Waals surface area (Å²) in [6.45, 7) is -0.524. The van der Waals surface area contributed by atoms with E-state index in [4.69, 9.17) is 10.2 Å². The molecule has 1 heterocycles. The van der Waals surface area contributed by atoms with Crippen molar-refractivity contribution in [1.82, 2.24) is 31.5 Å². The standard InChI is InChI=1S/C37H38N6O13/c1-19(37(55)56)39-33(51)24(13-14-29(46)47)40-27(44)17-38-32(50)26(16-30(48)49)42-34(52)25(15-20-7-3-2-4-8-20)41-28(45)18-43-35(53)22-11-5-9-21-10-6-12-23(31(21)22)36(43)54/h2-12,19,24-26H,13-18H2,1H3,(H,38,50)(H,39,51)(H,40,44)(H,41,45)(H,42,52)(H,46,47)(H,48,49)(H,55,56)/t19-,24-,25-,26-/m0/s1. The zero-order valence-corrected chi connectivity index (χ0v) is 29.8. The average molecular weight is 775 g/mol. The molecule has 3 aromatic carbocycles. The number of imide groups is 1. The molecule has 1 aliphatic rings. The summed E-state index contributed by atoms with van der Waals surface area (Å²) in [5, 5.41) is 39.8. The number of carboxylic acid groups (broad SMARTS) is 3. The fourth-order valence-corrected chi connectivity index (χ4v) is 5.77. The number of benzene rings is 3. The molecule has 19 heteroatoms. The van der Waals surface area contributed by atoms with Crippen molar-refractivity contribution in [3.63, 3.8) is 0 Å². The van der Waals surface area contributed by atoms with E-state index in [2.05, 4.69) is 26.6 Å². The molecular weight excluding hydrogens is 736 g/mol. The van der Waals surface area contributed by atoms with Gasteiger partial charge in [0.1, 0.15) is 30.7 Å². The summed E-state index contributed by atoms with van der Waals surface area (Å²) in [6.07, 6.45) is -2.19. The van der Waals surface area contributed by atoms with Gasteiger partial charge in [-0.05, 0) is 36.4 Å². The predicted molar refractivity (Wildman–Crippen MR) is 193 cm³/mol. The van der Waals surface area contributed by atoms with Gasteiger partial charge in [0, 0.05) is 29.4 Å². The number of amides is 7. The van der Waals surface area contributed by atoms with Gasteiger partial charge in [-0.1, -0.05) is 54.6 Å². The van der Waals surface area contributed by atoms with Crippen molar-refractivity contribution in [2.24, 2.45) is 0 Å². The summed E-state index contributed by atoms with van der Waals surface area (Å²) in [5.41, 5.74) is 0.938. The van der Waals surface area contributed by atoms with Crippen LogP contribution >= 0.6 is 0 Å². The van der Waals surface area contributed by atoms with Crippen LogP contribution in [0.4, 0.5) is 0 Å². The number of nitrogens with one attached hydrogen (secondary N) is 5. The van der Waals surface area contributed by atoms with Crippen LogP contribution in [0.2, 0.25) is 0 Å². The molecule has 0 saturated heterocycles. The van der Waals surface area contributed by atoms with Gasteiger partial charge in [-0.3, -0.25) is 52.8 Å². The number of hydrogen-bond acceptors (Lipinski definition) is 10. The van der Waals surface area contributed by atoms with Crippen LogP contribution in [0.5, 0.6) is 0 Å². The van der Waals surface area contributed by atoms with Crippen LogP contribution in [0.3, 0.4) is 0 Å². The van der Waals surface area contributed by atoms with Crippen molar-refractivity contribution < 1.29 is 63.3 Å². The highest BCUT2D eigenvalue weighted by atomic mass is 16.4. The molecule has 4 rings (SSSR count). The monoisotopic (exact) mass is 774 g/mol. The molecule has 0 unspecified atom stereocenters. The lowest BCUT2D eigenvalue weighted by atomic mass is 9.94. The zero-order valence-electron chi connectivity index (χ0n) is 29.8. The highest BCUT2D eigenvalue weighted by Crippen LogP contribution is 2.29. The van der Waals surface area contributed by atoms with Gasteiger partial charge in [-0.2, -0.15) is 0 Å². The van der Waals surface area contributed by atoms with E-state index in [-0.39, 0.29) is 17.5 Å². The highest BCUT2D eigenvalue weighted by Gasteiger charge is 2.35. The maximum atomic E-state index is 13.7. The average Bonchev–Trinajstić information content (AvgIpc) is 3.15. The van der Waals surface area contributed by atoms with E-state index < -0.39 is 116 Å². The van der Waals surface area contributed by atoms with Crippen molar-refractivity contribution in [1.29, 1.82) is 0 Å². The molecule has 0 bridgehead atoms. The number of carbonyl (C=O) groups is 10. The minimum absolute atomic E-state index is 0.174. The SMILES string of the molecule is C[C@H](NC(=O)[C@H](CCC(=O)O)NC(=O)CNC(=O)[C@H](CC(=O)O)NC(=O)[C@H](Cc1ccccc1)NC(=O)CN1C(=O)c2cccc3cccc(c23)C1=O)C(=O)O. The molecule has 7 amide bonds. The molecule has 294 valence electrons. The predicted octanol–water partition coefficient (Wildman–Crippen LogP) is -0.822. The van der Waals surface area contributed by atoms with Gasteiger partial charge in [-0.25, -0.2) is 0 Å². The Kier molecular flexibility index (Phi) is 13.9. The second-order valence-electron chi connectivity index (χ2n) is 12.7. The topological polar surface area (TPSA) is 295 Å². The first-order chi connectivity index (χ1) is 26.5. The van der Waals surface area contributed by atoms with Gasteiger partial charge in [0.25, 0.3) is 11.8 Å². The summed E-state index contributed by atoms with van der Waals surface area (Å²) < 4.78 is 0. The molecule has 19 nitrogen and oxygen atoms in total. The Labute approximate surface area is 317 Å². The summed E-state index contributed by atoms with van der Waals surface area (Å²) in [5.74, 6) is -10.9. The molecule has 4 atom stereocenters. The fourth-order valence-electron chi connectivity index (χ4n) is 5.77. The Morgan fingerprint density at radius 2 is 1.23 bits per heavy atom. The lowest BCUT2D eigenvalue weighted by molar-refractivity contribution is -0.142. The summed E-state index contributed by atoms with van der Waals surface area (Å²) in [7, 11) is 0. The summed E-state index contributed by atoms with van der Waals surface area (Å²) >= 11 is 0. The molecular formula is C37H38N6O13. The van der Waals surface area contributed by atoms with Crippen molar-refractivity contribution in [3.8, 4) is 0 Å². The van der Waals surface area contributed by atoms with Gasteiger partial charge >= 0.3 is 17.9 Å². The van der Waals surface area contributed by atoms with E-state index in [9.17, 15) is 53.1 Å². The molecule has 3 aromatic rings. The largest absolute Gasteiger partial charge is 0.481 e. The number of carbonyl (C=O) groups excluding carboxylic acids is 7. The number of aliphatic carboxylic acids is 3. The first kappa shape index (κ1) is 41.6. The van der Waals surface area contributed by atoms with Crippen LogP contribution in [0.15, 0.2) is 66.7 Å². The normalized spacial score (nSPS) is 14.1. The Morgan fingerprint density at radius 3 is 1.80 bits per heavy atom. The van der Waals surface area contributed by atoms with Crippen molar-refractivity contribution in [3.05, 3.63) is 83.4 Å². The Balaban J connectivity index is 1.45. The fraction of sp³-hybridized carbons (Fsp3) is 0.297. The van der Waals surface area contributed by atoms with Gasteiger partial charge in [-0.15, -0.1) is 0 Å². The van der Waals surface area contributed by atoms with Gasteiger partial charge in [0.15, 0.2) is 0 Å². The number of rotatable bonds is 19. The van der Waals surface area contributed by atoms with Gasteiger partial charge in [0.2, 0.25) is 29.5 Å². The molecule has 0 saturated carbocycles. The maximum Gasteiger partial charge on any atom is 0.325 e. The van der Waals surface area contributed by atoms with Crippen LogP contribution in [-0.4, -0.2) is 117 Å². The third kappa shape index (κ3) is 10.9. The molecule has 1 aliphatic heterocycles. The molecule has 56 heavy (non-hydrogen) atoms. The van der Waals surface area contributed by atoms with Gasteiger partial charge in [0.05, 0.1) is 13.0 Å². The second-order valence-corrected chi connectivity index (χ2v) is 12.7. The van der Waals surface area contributed by atoms with Crippen LogP contribution in [0, 0.1) is 0 Å². The zero-order chi connectivity index (χ0) is 41.1. The van der Waals surface area contributed by atoms with Crippen LogP contribution in [0.25, 0.3) is 10.8 Å². The van der Waals surface area contributed by atoms with E-state index in [0.29, 0.717) is 16.3 Å². The Bertz CT molecular complexity index is 2020. The van der Waals surface area contributed by atoms with E-state index in [1.807, 2.05) is 0 Å². The van der Waals surface area contributed by atoms with E-state index in [1.54, 1.807) is 54.6 Å². The second kappa shape index (κ2) is 18.7. The van der Waals surface area contributed by atoms with Crippen molar-refractivity contribution in [2.45, 2.75) is 56.8 Å². The molecule has 0 fully saturated rings. The lowest BCUT2D eigenvalue weighted by Crippen LogP contribution is -2.57. The molecule has 0 aliphatic carbocycles. The molecule has 8 N–H and O–H groups in total. The first-order valence-corrected chi connectivity index (χ1v) is 17.1. The Hall–Kier alpha value is -7.18. The maximum absolute atomic E-state index is 13.7. The van der Waals surface area contributed by atoms with Crippen LogP contribution < -0.4 is 26.6 Å². The number of hydrogen-bond donors (Lipinski definition) is 8. The van der Waals surface area contributed by atoms with E-state index in [0.717, 1.165) is 11.8 Å². The van der Waals surface area contributed by atoms with E-state index in [1.165, 1.54) is 12.1 Å². The van der Waals surface area contributed by atoms with E-state index >= 15 is 0 Å². The van der Waals surface area contributed by atoms with Crippen LogP contribution in [0.1, 0.15) is 52.5 Å². The van der Waals surface area contributed by atoms with Crippen LogP contribution in [-0.2, 0) is 44.8 Å². The van der Waals surface area contributed by atoms with Crippen molar-refractivity contribution in [2.75, 3.05) is 13.1 Å². The smallest absolute Gasteiger partial charge is 0.325 e. The quantitative estimate of drug-likeness (QED) is 0.0692. The number of carboxylic acids is 3. The Morgan fingerprint density at radius 1 is 0.643 bits per heavy atom. The summed E-state index contributed by atoms with van der Waals surface area (Å²) in [6, 6.07) is 11.9. The minimum atomic E-state index is -1.81.